The molecule has 1 amide bonds. The van der Waals surface area contributed by atoms with Crippen LogP contribution in [-0.4, -0.2) is 28.6 Å². The summed E-state index contributed by atoms with van der Waals surface area (Å²) in [6, 6.07) is 11.3. The Morgan fingerprint density at radius 3 is 2.85 bits per heavy atom. The number of carbonyl (C=O) groups excluding carboxylic acids is 2. The van der Waals surface area contributed by atoms with Crippen molar-refractivity contribution in [2.75, 3.05) is 6.54 Å². The zero-order chi connectivity index (χ0) is 18.2. The molecule has 2 aromatic rings. The van der Waals surface area contributed by atoms with Crippen molar-refractivity contribution in [2.24, 2.45) is 5.92 Å². The molecule has 26 heavy (non-hydrogen) atoms. The zero-order valence-electron chi connectivity index (χ0n) is 14.6. The van der Waals surface area contributed by atoms with Crippen LogP contribution < -0.4 is 5.32 Å². The van der Waals surface area contributed by atoms with E-state index >= 15 is 0 Å². The van der Waals surface area contributed by atoms with E-state index in [2.05, 4.69) is 15.5 Å². The number of H-pyrrole nitrogens is 1. The average molecular weight is 353 g/mol. The third-order valence-corrected chi connectivity index (χ3v) is 4.53. The molecule has 1 aliphatic carbocycles. The first-order valence-corrected chi connectivity index (χ1v) is 8.90. The maximum absolute atomic E-state index is 12.3. The molecule has 0 radical (unpaired) electrons. The van der Waals surface area contributed by atoms with Crippen molar-refractivity contribution in [3.8, 4) is 0 Å². The number of nitrogens with one attached hydrogen (secondary N) is 2. The van der Waals surface area contributed by atoms with Crippen molar-refractivity contribution in [1.29, 1.82) is 0 Å². The molecular formula is C20H23N3O3. The number of aromatic nitrogens is 2. The van der Waals surface area contributed by atoms with Crippen LogP contribution >= 0.6 is 0 Å². The Hall–Kier alpha value is -2.89. The highest BCUT2D eigenvalue weighted by molar-refractivity contribution is 5.92. The van der Waals surface area contributed by atoms with Crippen LogP contribution in [-0.2, 0) is 16.1 Å². The van der Waals surface area contributed by atoms with Crippen molar-refractivity contribution in [3.05, 3.63) is 65.5 Å². The van der Waals surface area contributed by atoms with Crippen LogP contribution in [0.5, 0.6) is 0 Å². The van der Waals surface area contributed by atoms with E-state index in [4.69, 9.17) is 4.74 Å². The van der Waals surface area contributed by atoms with Crippen LogP contribution in [0, 0.1) is 5.92 Å². The Labute approximate surface area is 152 Å². The molecule has 3 rings (SSSR count). The second-order valence-electron chi connectivity index (χ2n) is 6.47. The van der Waals surface area contributed by atoms with E-state index in [9.17, 15) is 9.59 Å². The molecular weight excluding hydrogens is 330 g/mol. The number of allylic oxidation sites excluding steroid dienone is 1. The first-order valence-electron chi connectivity index (χ1n) is 8.90. The van der Waals surface area contributed by atoms with E-state index in [0.29, 0.717) is 24.8 Å². The highest BCUT2D eigenvalue weighted by atomic mass is 16.5. The van der Waals surface area contributed by atoms with Gasteiger partial charge in [-0.2, -0.15) is 5.10 Å². The van der Waals surface area contributed by atoms with Gasteiger partial charge < -0.3 is 10.1 Å². The van der Waals surface area contributed by atoms with Crippen molar-refractivity contribution >= 4 is 11.9 Å². The Balaban J connectivity index is 1.46. The number of carbonyl (C=O) groups is 2. The predicted octanol–water partition coefficient (Wildman–Crippen LogP) is 3.00. The van der Waals surface area contributed by atoms with Gasteiger partial charge in [0.2, 0.25) is 0 Å². The van der Waals surface area contributed by atoms with Gasteiger partial charge in [0.25, 0.3) is 5.91 Å². The van der Waals surface area contributed by atoms with E-state index in [0.717, 1.165) is 36.8 Å². The molecule has 136 valence electrons. The molecule has 6 nitrogen and oxygen atoms in total. The summed E-state index contributed by atoms with van der Waals surface area (Å²) in [6.07, 6.45) is 6.88. The lowest BCUT2D eigenvalue weighted by molar-refractivity contribution is -0.140. The molecule has 0 fully saturated rings. The summed E-state index contributed by atoms with van der Waals surface area (Å²) < 4.78 is 5.42. The van der Waals surface area contributed by atoms with Gasteiger partial charge in [0.15, 0.2) is 0 Å². The fourth-order valence-corrected chi connectivity index (χ4v) is 3.01. The van der Waals surface area contributed by atoms with Crippen molar-refractivity contribution in [1.82, 2.24) is 15.5 Å². The average Bonchev–Trinajstić information content (AvgIpc) is 3.11. The normalized spacial score (nSPS) is 17.1. The smallest absolute Gasteiger partial charge is 0.334 e. The Bertz CT molecular complexity index is 754. The highest BCUT2D eigenvalue weighted by Gasteiger charge is 2.19. The highest BCUT2D eigenvalue weighted by Crippen LogP contribution is 2.23. The third-order valence-electron chi connectivity index (χ3n) is 4.53. The number of hydrogen-bond donors (Lipinski definition) is 2. The maximum atomic E-state index is 12.3. The third kappa shape index (κ3) is 5.05. The standard InChI is InChI=1S/C20H23N3O3/c24-19(18-11-12-22-23-18)21-13-15-7-4-8-17(10-9-15)20(25)26-14-16-5-2-1-3-6-16/h1-3,5-6,10-12,15H,4,7-9,13-14H2,(H,21,24)(H,22,23). The van der Waals surface area contributed by atoms with Crippen LogP contribution in [0.1, 0.15) is 41.7 Å². The lowest BCUT2D eigenvalue weighted by atomic mass is 10.0. The van der Waals surface area contributed by atoms with Crippen LogP contribution in [0.4, 0.5) is 0 Å². The predicted molar refractivity (Wildman–Crippen MR) is 97.2 cm³/mol. The Morgan fingerprint density at radius 2 is 2.08 bits per heavy atom. The maximum Gasteiger partial charge on any atom is 0.334 e. The molecule has 2 N–H and O–H groups in total. The molecule has 1 heterocycles. The van der Waals surface area contributed by atoms with E-state index in [1.165, 1.54) is 0 Å². The number of rotatable bonds is 6. The molecule has 1 aliphatic rings. The minimum atomic E-state index is -0.240. The van der Waals surface area contributed by atoms with E-state index < -0.39 is 0 Å². The molecule has 0 bridgehead atoms. The van der Waals surface area contributed by atoms with Crippen molar-refractivity contribution in [3.63, 3.8) is 0 Å². The summed E-state index contributed by atoms with van der Waals surface area (Å²) >= 11 is 0. The van der Waals surface area contributed by atoms with Gasteiger partial charge in [0, 0.05) is 18.3 Å². The van der Waals surface area contributed by atoms with Crippen LogP contribution in [0.25, 0.3) is 0 Å². The van der Waals surface area contributed by atoms with Crippen LogP contribution in [0.15, 0.2) is 54.2 Å². The largest absolute Gasteiger partial charge is 0.457 e. The molecule has 0 spiro atoms. The van der Waals surface area contributed by atoms with E-state index in [1.54, 1.807) is 12.3 Å². The number of benzene rings is 1. The molecule has 0 saturated heterocycles. The Kier molecular flexibility index (Phi) is 6.19. The molecule has 0 aliphatic heterocycles. The lowest BCUT2D eigenvalue weighted by Gasteiger charge is -2.13. The SMILES string of the molecule is O=C(OCc1ccccc1)C1=CCC(CNC(=O)c2ccn[nH]2)CCC1. The van der Waals surface area contributed by atoms with Crippen LogP contribution in [0.2, 0.25) is 0 Å². The summed E-state index contributed by atoms with van der Waals surface area (Å²) in [6.45, 7) is 0.876. The number of esters is 1. The summed E-state index contributed by atoms with van der Waals surface area (Å²) in [5.41, 5.74) is 2.18. The van der Waals surface area contributed by atoms with Crippen molar-refractivity contribution in [2.45, 2.75) is 32.3 Å². The van der Waals surface area contributed by atoms with Gasteiger partial charge >= 0.3 is 5.97 Å². The second kappa shape index (κ2) is 8.99. The monoisotopic (exact) mass is 353 g/mol. The zero-order valence-corrected chi connectivity index (χ0v) is 14.6. The molecule has 1 aromatic carbocycles. The fourth-order valence-electron chi connectivity index (χ4n) is 3.01. The van der Waals surface area contributed by atoms with Gasteiger partial charge in [-0.05, 0) is 43.2 Å². The van der Waals surface area contributed by atoms with Gasteiger partial charge in [0.05, 0.1) is 0 Å². The van der Waals surface area contributed by atoms with Gasteiger partial charge in [-0.25, -0.2) is 4.79 Å². The van der Waals surface area contributed by atoms with Gasteiger partial charge in [-0.15, -0.1) is 0 Å². The fraction of sp³-hybridized carbons (Fsp3) is 0.350. The number of aromatic amines is 1. The quantitative estimate of drug-likeness (QED) is 0.782. The molecule has 1 atom stereocenters. The van der Waals surface area contributed by atoms with Gasteiger partial charge in [-0.1, -0.05) is 36.4 Å². The molecule has 0 saturated carbocycles. The number of hydrogen-bond acceptors (Lipinski definition) is 4. The van der Waals surface area contributed by atoms with Crippen molar-refractivity contribution < 1.29 is 14.3 Å². The lowest BCUT2D eigenvalue weighted by Crippen LogP contribution is -2.29. The molecule has 1 unspecified atom stereocenters. The first kappa shape index (κ1) is 17.9. The number of nitrogens with zero attached hydrogens (tertiary/aromatic N) is 1. The summed E-state index contributed by atoms with van der Waals surface area (Å²) in [4.78, 5) is 24.2. The minimum absolute atomic E-state index is 0.154. The Morgan fingerprint density at radius 1 is 1.23 bits per heavy atom. The number of amides is 1. The second-order valence-corrected chi connectivity index (χ2v) is 6.47. The van der Waals surface area contributed by atoms with E-state index in [1.807, 2.05) is 36.4 Å². The topological polar surface area (TPSA) is 84.1 Å². The summed E-state index contributed by atoms with van der Waals surface area (Å²) in [5.74, 6) is -0.0736. The molecule has 6 heteroatoms. The van der Waals surface area contributed by atoms with Gasteiger partial charge in [0.1, 0.15) is 12.3 Å². The van der Waals surface area contributed by atoms with E-state index in [-0.39, 0.29) is 11.9 Å². The molecule has 1 aromatic heterocycles. The van der Waals surface area contributed by atoms with Gasteiger partial charge in [-0.3, -0.25) is 9.89 Å². The van der Waals surface area contributed by atoms with Crippen LogP contribution in [0.3, 0.4) is 0 Å². The summed E-state index contributed by atoms with van der Waals surface area (Å²) in [7, 11) is 0. The number of ether oxygens (including phenoxy) is 1. The minimum Gasteiger partial charge on any atom is -0.457 e. The first-order chi connectivity index (χ1) is 12.7. The summed E-state index contributed by atoms with van der Waals surface area (Å²) in [5, 5.41) is 9.34.